The molecule has 2 aromatic carbocycles. The Hall–Kier alpha value is -3.38. The van der Waals surface area contributed by atoms with Crippen molar-refractivity contribution in [1.29, 1.82) is 0 Å². The third-order valence-electron chi connectivity index (χ3n) is 5.21. The van der Waals surface area contributed by atoms with Crippen LogP contribution in [0, 0.1) is 0 Å². The van der Waals surface area contributed by atoms with Crippen LogP contribution in [0.25, 0.3) is 0 Å². The zero-order chi connectivity index (χ0) is 25.9. The average Bonchev–Trinajstić information content (AvgIpc) is 2.88. The van der Waals surface area contributed by atoms with Crippen LogP contribution < -0.4 is 0 Å². The van der Waals surface area contributed by atoms with Crippen molar-refractivity contribution in [1.82, 2.24) is 9.80 Å². The van der Waals surface area contributed by atoms with Crippen LogP contribution in [0.2, 0.25) is 0 Å². The Morgan fingerprint density at radius 3 is 1.39 bits per heavy atom. The zero-order valence-electron chi connectivity index (χ0n) is 19.2. The van der Waals surface area contributed by atoms with Gasteiger partial charge in [0.05, 0.1) is 11.8 Å². The minimum absolute atomic E-state index is 0.0287. The molecule has 12 heteroatoms. The number of carbonyl (C=O) groups is 4. The SMILES string of the molecule is O=C(O)[C@@H]1CSCN(C(=O)OCc2ccccc2)[C@H](C(=O)O)CSCN1C(=O)OCc1ccccc1. The van der Waals surface area contributed by atoms with Gasteiger partial charge in [-0.2, -0.15) is 0 Å². The standard InChI is InChI=1S/C24H26N2O8S2/c27-21(28)19-13-36-16-26(24(32)34-12-18-9-5-2-6-10-18)20(22(29)30)14-35-15-25(19)23(31)33-11-17-7-3-1-4-8-17/h1-10,19-20H,11-16H2,(H,27,28)(H,29,30)/t19-,20-/m0/s1. The second-order valence-electron chi connectivity index (χ2n) is 7.73. The summed E-state index contributed by atoms with van der Waals surface area (Å²) in [7, 11) is 0. The van der Waals surface area contributed by atoms with Crippen LogP contribution in [0.15, 0.2) is 60.7 Å². The number of thioether (sulfide) groups is 2. The Bertz CT molecular complexity index is 957. The molecule has 0 spiro atoms. The fraction of sp³-hybridized carbons (Fsp3) is 0.333. The van der Waals surface area contributed by atoms with Crippen LogP contribution in [0.1, 0.15) is 11.1 Å². The van der Waals surface area contributed by atoms with Crippen molar-refractivity contribution >= 4 is 47.6 Å². The summed E-state index contributed by atoms with van der Waals surface area (Å²) in [6.07, 6.45) is -1.63. The Morgan fingerprint density at radius 2 is 1.06 bits per heavy atom. The van der Waals surface area contributed by atoms with Gasteiger partial charge in [0.25, 0.3) is 0 Å². The molecule has 10 nitrogen and oxygen atoms in total. The Morgan fingerprint density at radius 1 is 0.694 bits per heavy atom. The summed E-state index contributed by atoms with van der Waals surface area (Å²) in [6, 6.07) is 15.5. The second-order valence-corrected chi connectivity index (χ2v) is 9.73. The highest BCUT2D eigenvalue weighted by atomic mass is 32.2. The van der Waals surface area contributed by atoms with Crippen molar-refractivity contribution in [2.75, 3.05) is 23.3 Å². The van der Waals surface area contributed by atoms with Crippen LogP contribution >= 0.6 is 23.5 Å². The van der Waals surface area contributed by atoms with Gasteiger partial charge in [0.2, 0.25) is 0 Å². The molecule has 1 saturated heterocycles. The van der Waals surface area contributed by atoms with Crippen LogP contribution in [0.3, 0.4) is 0 Å². The van der Waals surface area contributed by atoms with Gasteiger partial charge in [-0.3, -0.25) is 9.80 Å². The minimum atomic E-state index is -1.23. The van der Waals surface area contributed by atoms with E-state index >= 15 is 0 Å². The van der Waals surface area contributed by atoms with Gasteiger partial charge in [-0.1, -0.05) is 60.7 Å². The third-order valence-corrected chi connectivity index (χ3v) is 7.24. The smallest absolute Gasteiger partial charge is 0.411 e. The fourth-order valence-corrected chi connectivity index (χ4v) is 5.53. The van der Waals surface area contributed by atoms with Gasteiger partial charge in [-0.05, 0) is 11.1 Å². The molecule has 3 rings (SSSR count). The molecule has 0 aliphatic carbocycles. The first-order valence-electron chi connectivity index (χ1n) is 10.9. The lowest BCUT2D eigenvalue weighted by Gasteiger charge is -2.33. The number of rotatable bonds is 6. The number of aliphatic carboxylic acids is 2. The molecule has 1 fully saturated rings. The Kier molecular flexibility index (Phi) is 10.3. The van der Waals surface area contributed by atoms with Crippen molar-refractivity contribution in [3.05, 3.63) is 71.8 Å². The molecule has 1 aliphatic rings. The number of hydrogen-bond acceptors (Lipinski definition) is 8. The van der Waals surface area contributed by atoms with Crippen molar-refractivity contribution in [2.45, 2.75) is 25.3 Å². The van der Waals surface area contributed by atoms with Crippen LogP contribution in [-0.2, 0) is 32.3 Å². The van der Waals surface area contributed by atoms with Crippen LogP contribution in [0.4, 0.5) is 9.59 Å². The molecule has 2 aromatic rings. The maximum absolute atomic E-state index is 12.8. The highest BCUT2D eigenvalue weighted by Gasteiger charge is 2.36. The summed E-state index contributed by atoms with van der Waals surface area (Å²) >= 11 is 2.05. The van der Waals surface area contributed by atoms with Crippen LogP contribution in [0.5, 0.6) is 0 Å². The van der Waals surface area contributed by atoms with Gasteiger partial charge in [0.1, 0.15) is 25.3 Å². The van der Waals surface area contributed by atoms with Crippen molar-refractivity contribution < 1.29 is 38.9 Å². The monoisotopic (exact) mass is 534 g/mol. The molecule has 192 valence electrons. The number of nitrogens with zero attached hydrogens (tertiary/aromatic N) is 2. The molecule has 0 bridgehead atoms. The average molecular weight is 535 g/mol. The lowest BCUT2D eigenvalue weighted by atomic mass is 10.2. The molecule has 2 N–H and O–H groups in total. The lowest BCUT2D eigenvalue weighted by Crippen LogP contribution is -2.51. The molecular weight excluding hydrogens is 508 g/mol. The van der Waals surface area contributed by atoms with Crippen molar-refractivity contribution in [2.24, 2.45) is 0 Å². The zero-order valence-corrected chi connectivity index (χ0v) is 20.9. The first-order valence-corrected chi connectivity index (χ1v) is 13.2. The number of carboxylic acids is 2. The number of hydrogen-bond donors (Lipinski definition) is 2. The maximum Gasteiger partial charge on any atom is 0.411 e. The Balaban J connectivity index is 1.68. The summed E-state index contributed by atoms with van der Waals surface area (Å²) in [5.74, 6) is -2.86. The minimum Gasteiger partial charge on any atom is -0.480 e. The number of benzene rings is 2. The summed E-state index contributed by atoms with van der Waals surface area (Å²) in [4.78, 5) is 51.7. The van der Waals surface area contributed by atoms with E-state index in [4.69, 9.17) is 9.47 Å². The second kappa shape index (κ2) is 13.6. The first-order chi connectivity index (χ1) is 17.4. The predicted octanol–water partition coefficient (Wildman–Crippen LogP) is 3.57. The van der Waals surface area contributed by atoms with E-state index in [1.54, 1.807) is 48.5 Å². The molecule has 1 heterocycles. The maximum atomic E-state index is 12.8. The third kappa shape index (κ3) is 7.82. The summed E-state index contributed by atoms with van der Waals surface area (Å²) in [5, 5.41) is 19.6. The number of carboxylic acid groups (broad SMARTS) is 2. The van der Waals surface area contributed by atoms with E-state index in [0.29, 0.717) is 0 Å². The molecule has 1 aliphatic heterocycles. The number of amides is 2. The molecular formula is C24H26N2O8S2. The number of carbonyl (C=O) groups excluding carboxylic acids is 2. The van der Waals surface area contributed by atoms with E-state index in [1.807, 2.05) is 12.1 Å². The van der Waals surface area contributed by atoms with Crippen LogP contribution in [-0.4, -0.2) is 79.5 Å². The van der Waals surface area contributed by atoms with E-state index in [2.05, 4.69) is 0 Å². The normalized spacial score (nSPS) is 18.7. The topological polar surface area (TPSA) is 134 Å². The van der Waals surface area contributed by atoms with Crippen molar-refractivity contribution in [3.8, 4) is 0 Å². The van der Waals surface area contributed by atoms with Gasteiger partial charge in [0, 0.05) is 11.5 Å². The summed E-state index contributed by atoms with van der Waals surface area (Å²) in [6.45, 7) is -0.0573. The van der Waals surface area contributed by atoms with Gasteiger partial charge in [0.15, 0.2) is 0 Å². The first kappa shape index (κ1) is 27.2. The summed E-state index contributed by atoms with van der Waals surface area (Å²) in [5.41, 5.74) is 1.49. The molecule has 0 unspecified atom stereocenters. The fourth-order valence-electron chi connectivity index (χ4n) is 3.26. The van der Waals surface area contributed by atoms with E-state index in [0.717, 1.165) is 44.5 Å². The van der Waals surface area contributed by atoms with Gasteiger partial charge >= 0.3 is 24.1 Å². The molecule has 0 aromatic heterocycles. The summed E-state index contributed by atoms with van der Waals surface area (Å²) < 4.78 is 10.6. The predicted molar refractivity (Wildman–Crippen MR) is 134 cm³/mol. The largest absolute Gasteiger partial charge is 0.480 e. The van der Waals surface area contributed by atoms with Gasteiger partial charge in [-0.15, -0.1) is 23.5 Å². The molecule has 2 atom stereocenters. The molecule has 2 amide bonds. The highest BCUT2D eigenvalue weighted by Crippen LogP contribution is 2.23. The van der Waals surface area contributed by atoms with Crippen molar-refractivity contribution in [3.63, 3.8) is 0 Å². The van der Waals surface area contributed by atoms with Gasteiger partial charge < -0.3 is 19.7 Å². The number of ether oxygens (including phenoxy) is 2. The van der Waals surface area contributed by atoms with E-state index in [1.165, 1.54) is 0 Å². The quantitative estimate of drug-likeness (QED) is 0.566. The molecule has 0 radical (unpaired) electrons. The Labute approximate surface area is 216 Å². The van der Waals surface area contributed by atoms with E-state index in [9.17, 15) is 29.4 Å². The van der Waals surface area contributed by atoms with E-state index in [-0.39, 0.29) is 36.5 Å². The van der Waals surface area contributed by atoms with Gasteiger partial charge in [-0.25, -0.2) is 19.2 Å². The molecule has 36 heavy (non-hydrogen) atoms. The van der Waals surface area contributed by atoms with E-state index < -0.39 is 36.2 Å². The highest BCUT2D eigenvalue weighted by molar-refractivity contribution is 7.99. The lowest BCUT2D eigenvalue weighted by molar-refractivity contribution is -0.142. The molecule has 0 saturated carbocycles.